The van der Waals surface area contributed by atoms with Crippen molar-refractivity contribution in [2.24, 2.45) is 5.84 Å². The Bertz CT molecular complexity index is 677. The maximum absolute atomic E-state index is 11.8. The van der Waals surface area contributed by atoms with Crippen molar-refractivity contribution in [3.8, 4) is 5.75 Å². The maximum atomic E-state index is 11.8. The minimum atomic E-state index is -0.354. The molecule has 0 unspecified atom stereocenters. The summed E-state index contributed by atoms with van der Waals surface area (Å²) in [6.45, 7) is 2.61. The molecule has 2 rings (SSSR count). The number of nitrogen functional groups attached to an aromatic ring is 1. The average molecular weight is 287 g/mol. The van der Waals surface area contributed by atoms with Crippen LogP contribution in [0.3, 0.4) is 0 Å². The van der Waals surface area contributed by atoms with Crippen LogP contribution in [0.25, 0.3) is 0 Å². The Kier molecular flexibility index (Phi) is 4.73. The van der Waals surface area contributed by atoms with Crippen molar-refractivity contribution in [1.29, 1.82) is 0 Å². The Morgan fingerprint density at radius 3 is 2.67 bits per heavy atom. The molecule has 1 heterocycles. The summed E-state index contributed by atoms with van der Waals surface area (Å²) in [4.78, 5) is 23.1. The van der Waals surface area contributed by atoms with Gasteiger partial charge in [0.05, 0.1) is 6.54 Å². The Morgan fingerprint density at radius 2 is 2.00 bits per heavy atom. The molecule has 1 aromatic heterocycles. The van der Waals surface area contributed by atoms with Crippen molar-refractivity contribution in [3.63, 3.8) is 0 Å². The van der Waals surface area contributed by atoms with Crippen LogP contribution in [0.2, 0.25) is 0 Å². The lowest BCUT2D eigenvalue weighted by atomic mass is 10.2. The summed E-state index contributed by atoms with van der Waals surface area (Å²) < 4.78 is 7.15. The van der Waals surface area contributed by atoms with E-state index in [2.05, 4.69) is 5.43 Å². The van der Waals surface area contributed by atoms with E-state index in [-0.39, 0.29) is 11.5 Å². The number of aromatic nitrogens is 1. The highest BCUT2D eigenvalue weighted by Gasteiger charge is 2.03. The molecule has 6 heteroatoms. The predicted molar refractivity (Wildman–Crippen MR) is 79.0 cm³/mol. The number of benzene rings is 1. The van der Waals surface area contributed by atoms with Crippen molar-refractivity contribution in [2.75, 3.05) is 6.61 Å². The molecule has 0 spiro atoms. The average Bonchev–Trinajstić information content (AvgIpc) is 2.51. The molecule has 0 bridgehead atoms. The van der Waals surface area contributed by atoms with Gasteiger partial charge in [-0.3, -0.25) is 15.0 Å². The van der Waals surface area contributed by atoms with Gasteiger partial charge in [0.25, 0.3) is 11.5 Å². The molecule has 1 aromatic carbocycles. The van der Waals surface area contributed by atoms with Crippen LogP contribution >= 0.6 is 0 Å². The van der Waals surface area contributed by atoms with Crippen LogP contribution in [0.1, 0.15) is 15.9 Å². The van der Waals surface area contributed by atoms with Gasteiger partial charge in [0.1, 0.15) is 12.4 Å². The number of hydrogen-bond donors (Lipinski definition) is 2. The first-order valence-electron chi connectivity index (χ1n) is 6.51. The third-order valence-corrected chi connectivity index (χ3v) is 3.06. The molecule has 0 atom stereocenters. The molecule has 110 valence electrons. The minimum Gasteiger partial charge on any atom is -0.492 e. The molecular weight excluding hydrogens is 270 g/mol. The lowest BCUT2D eigenvalue weighted by Gasteiger charge is -2.09. The smallest absolute Gasteiger partial charge is 0.265 e. The number of nitrogens with two attached hydrogens (primary N) is 1. The van der Waals surface area contributed by atoms with E-state index < -0.39 is 0 Å². The van der Waals surface area contributed by atoms with Crippen molar-refractivity contribution < 1.29 is 9.53 Å². The molecule has 6 nitrogen and oxygen atoms in total. The van der Waals surface area contributed by atoms with E-state index in [0.29, 0.717) is 30.0 Å². The lowest BCUT2D eigenvalue weighted by Crippen LogP contribution is -2.29. The summed E-state index contributed by atoms with van der Waals surface area (Å²) in [6, 6.07) is 10.2. The highest BCUT2D eigenvalue weighted by molar-refractivity contribution is 5.93. The number of hydrogen-bond acceptors (Lipinski definition) is 4. The van der Waals surface area contributed by atoms with Crippen LogP contribution in [-0.2, 0) is 6.54 Å². The van der Waals surface area contributed by atoms with Crippen molar-refractivity contribution in [1.82, 2.24) is 9.99 Å². The molecule has 2 aromatic rings. The highest BCUT2D eigenvalue weighted by atomic mass is 16.5. The molecule has 0 saturated carbocycles. The first-order chi connectivity index (χ1) is 10.1. The predicted octanol–water partition coefficient (Wildman–Crippen LogP) is 0.839. The van der Waals surface area contributed by atoms with Gasteiger partial charge in [0.2, 0.25) is 0 Å². The molecule has 0 aliphatic rings. The number of hydrazine groups is 1. The third-order valence-electron chi connectivity index (χ3n) is 3.06. The fourth-order valence-corrected chi connectivity index (χ4v) is 1.88. The Labute approximate surface area is 122 Å². The van der Waals surface area contributed by atoms with Crippen LogP contribution in [-0.4, -0.2) is 17.1 Å². The van der Waals surface area contributed by atoms with Gasteiger partial charge in [-0.15, -0.1) is 0 Å². The van der Waals surface area contributed by atoms with Gasteiger partial charge in [-0.05, 0) is 37.3 Å². The Balaban J connectivity index is 1.93. The number of carbonyl (C=O) groups is 1. The number of carbonyl (C=O) groups excluding carboxylic acids is 1. The number of ether oxygens (including phenoxy) is 1. The van der Waals surface area contributed by atoms with E-state index in [1.807, 2.05) is 6.07 Å². The van der Waals surface area contributed by atoms with E-state index in [4.69, 9.17) is 10.6 Å². The van der Waals surface area contributed by atoms with Crippen molar-refractivity contribution in [3.05, 3.63) is 64.1 Å². The van der Waals surface area contributed by atoms with Gasteiger partial charge >= 0.3 is 0 Å². The topological polar surface area (TPSA) is 86.3 Å². The zero-order chi connectivity index (χ0) is 15.2. The standard InChI is InChI=1S/C15H17N3O3/c1-11-3-2-8-18(15(11)20)9-10-21-13-6-4-12(5-7-13)14(19)17-16/h2-8H,9-10,16H2,1H3,(H,17,19). The molecule has 0 saturated heterocycles. The summed E-state index contributed by atoms with van der Waals surface area (Å²) in [5.41, 5.74) is 3.20. The molecule has 0 fully saturated rings. The van der Waals surface area contributed by atoms with E-state index in [1.165, 1.54) is 0 Å². The fourth-order valence-electron chi connectivity index (χ4n) is 1.88. The second-order valence-corrected chi connectivity index (χ2v) is 4.54. The van der Waals surface area contributed by atoms with Crippen LogP contribution in [0, 0.1) is 6.92 Å². The normalized spacial score (nSPS) is 10.2. The molecule has 3 N–H and O–H groups in total. The van der Waals surface area contributed by atoms with Gasteiger partial charge in [-0.1, -0.05) is 6.07 Å². The number of pyridine rings is 1. The quantitative estimate of drug-likeness (QED) is 0.485. The molecular formula is C15H17N3O3. The summed E-state index contributed by atoms with van der Waals surface area (Å²) in [7, 11) is 0. The fraction of sp³-hybridized carbons (Fsp3) is 0.200. The minimum absolute atomic E-state index is 0.0175. The SMILES string of the molecule is Cc1cccn(CCOc2ccc(C(=O)NN)cc2)c1=O. The zero-order valence-corrected chi connectivity index (χ0v) is 11.7. The molecule has 1 amide bonds. The Morgan fingerprint density at radius 1 is 1.29 bits per heavy atom. The Hall–Kier alpha value is -2.60. The van der Waals surface area contributed by atoms with Gasteiger partial charge in [-0.2, -0.15) is 0 Å². The maximum Gasteiger partial charge on any atom is 0.265 e. The van der Waals surface area contributed by atoms with E-state index in [0.717, 1.165) is 0 Å². The first-order valence-corrected chi connectivity index (χ1v) is 6.51. The summed E-state index contributed by atoms with van der Waals surface area (Å²) in [6.07, 6.45) is 1.73. The number of amides is 1. The number of nitrogens with zero attached hydrogens (tertiary/aromatic N) is 1. The van der Waals surface area contributed by atoms with Crippen molar-refractivity contribution >= 4 is 5.91 Å². The number of rotatable bonds is 5. The van der Waals surface area contributed by atoms with E-state index in [9.17, 15) is 9.59 Å². The van der Waals surface area contributed by atoms with Gasteiger partial charge in [-0.25, -0.2) is 5.84 Å². The van der Waals surface area contributed by atoms with Crippen LogP contribution < -0.4 is 21.6 Å². The van der Waals surface area contributed by atoms with Crippen molar-refractivity contribution in [2.45, 2.75) is 13.5 Å². The van der Waals surface area contributed by atoms with Gasteiger partial charge < -0.3 is 9.30 Å². The molecule has 21 heavy (non-hydrogen) atoms. The monoisotopic (exact) mass is 287 g/mol. The van der Waals surface area contributed by atoms with E-state index >= 15 is 0 Å². The third kappa shape index (κ3) is 3.70. The zero-order valence-electron chi connectivity index (χ0n) is 11.7. The largest absolute Gasteiger partial charge is 0.492 e. The molecule has 0 aliphatic carbocycles. The summed E-state index contributed by atoms with van der Waals surface area (Å²) in [5.74, 6) is 5.33. The van der Waals surface area contributed by atoms with Crippen LogP contribution in [0.5, 0.6) is 5.75 Å². The second kappa shape index (κ2) is 6.71. The van der Waals surface area contributed by atoms with Gasteiger partial charge in [0.15, 0.2) is 0 Å². The second-order valence-electron chi connectivity index (χ2n) is 4.54. The molecule has 0 aliphatic heterocycles. The summed E-state index contributed by atoms with van der Waals surface area (Å²) >= 11 is 0. The first kappa shape index (κ1) is 14.8. The lowest BCUT2D eigenvalue weighted by molar-refractivity contribution is 0.0953. The molecule has 0 radical (unpaired) electrons. The van der Waals surface area contributed by atoms with Crippen LogP contribution in [0.4, 0.5) is 0 Å². The number of aryl methyl sites for hydroxylation is 1. The number of nitrogens with one attached hydrogen (secondary N) is 1. The highest BCUT2D eigenvalue weighted by Crippen LogP contribution is 2.12. The van der Waals surface area contributed by atoms with Crippen LogP contribution in [0.15, 0.2) is 47.4 Å². The van der Waals surface area contributed by atoms with E-state index in [1.54, 1.807) is 48.0 Å². The summed E-state index contributed by atoms with van der Waals surface area (Å²) in [5, 5.41) is 0. The van der Waals surface area contributed by atoms with Gasteiger partial charge in [0, 0.05) is 17.3 Å².